The van der Waals surface area contributed by atoms with Crippen LogP contribution in [-0.4, -0.2) is 26.6 Å². The van der Waals surface area contributed by atoms with Gasteiger partial charge in [-0.2, -0.15) is 0 Å². The first-order chi connectivity index (χ1) is 7.97. The summed E-state index contributed by atoms with van der Waals surface area (Å²) in [5.41, 5.74) is 0.412. The first-order valence-electron chi connectivity index (χ1n) is 4.82. The number of aromatic nitrogens is 1. The number of nitrogens with one attached hydrogen (secondary N) is 1. The molecule has 0 radical (unpaired) electrons. The topological polar surface area (TPSA) is 68.3 Å². The molecule has 0 aliphatic carbocycles. The number of nitrogens with zero attached hydrogens (tertiary/aromatic N) is 1. The van der Waals surface area contributed by atoms with Gasteiger partial charge in [0.1, 0.15) is 0 Å². The molecule has 17 heavy (non-hydrogen) atoms. The van der Waals surface area contributed by atoms with E-state index in [9.17, 15) is 8.42 Å². The van der Waals surface area contributed by atoms with Gasteiger partial charge in [0.15, 0.2) is 8.68 Å². The molecule has 0 aliphatic rings. The molecule has 96 valence electrons. The summed E-state index contributed by atoms with van der Waals surface area (Å²) in [5.74, 6) is 0. The highest BCUT2D eigenvalue weighted by Crippen LogP contribution is 2.26. The highest BCUT2D eigenvalue weighted by molar-refractivity contribution is 7.91. The van der Waals surface area contributed by atoms with Gasteiger partial charge in [0.05, 0.1) is 18.6 Å². The summed E-state index contributed by atoms with van der Waals surface area (Å²) in [5, 5.41) is 0. The Morgan fingerprint density at radius 2 is 2.35 bits per heavy atom. The van der Waals surface area contributed by atoms with E-state index in [0.717, 1.165) is 11.3 Å². The first-order valence-corrected chi connectivity index (χ1v) is 7.50. The molecule has 0 saturated heterocycles. The number of hydrogen-bond donors (Lipinski definition) is 1. The van der Waals surface area contributed by atoms with Crippen LogP contribution in [0.15, 0.2) is 17.1 Å². The fourth-order valence-corrected chi connectivity index (χ4v) is 3.97. The number of hydrogen-bond acceptors (Lipinski definition) is 5. The van der Waals surface area contributed by atoms with Crippen molar-refractivity contribution in [3.8, 4) is 0 Å². The molecule has 1 rings (SSSR count). The molecular formula is C9H13ClN2O3S2. The fourth-order valence-electron chi connectivity index (χ4n) is 1.11. The van der Waals surface area contributed by atoms with E-state index in [0.29, 0.717) is 25.3 Å². The Morgan fingerprint density at radius 3 is 2.88 bits per heavy atom. The molecule has 0 spiro atoms. The zero-order valence-corrected chi connectivity index (χ0v) is 11.7. The van der Waals surface area contributed by atoms with Crippen LogP contribution in [0.25, 0.3) is 0 Å². The van der Waals surface area contributed by atoms with Gasteiger partial charge in [0.25, 0.3) is 10.0 Å². The summed E-state index contributed by atoms with van der Waals surface area (Å²) in [4.78, 5) is 3.86. The van der Waals surface area contributed by atoms with Crippen LogP contribution in [0.1, 0.15) is 12.1 Å². The minimum absolute atomic E-state index is 0.159. The number of halogens is 1. The predicted octanol–water partition coefficient (Wildman–Crippen LogP) is 1.93. The van der Waals surface area contributed by atoms with Crippen molar-refractivity contribution in [3.63, 3.8) is 0 Å². The van der Waals surface area contributed by atoms with Crippen LogP contribution in [0, 0.1) is 6.92 Å². The van der Waals surface area contributed by atoms with E-state index < -0.39 is 10.0 Å². The minimum atomic E-state index is -3.52. The summed E-state index contributed by atoms with van der Waals surface area (Å²) in [6.45, 7) is 5.72. The lowest BCUT2D eigenvalue weighted by Gasteiger charge is -2.04. The van der Waals surface area contributed by atoms with Gasteiger partial charge in [0.2, 0.25) is 0 Å². The van der Waals surface area contributed by atoms with Crippen molar-refractivity contribution in [2.45, 2.75) is 17.6 Å². The highest BCUT2D eigenvalue weighted by Gasteiger charge is 2.20. The van der Waals surface area contributed by atoms with Crippen molar-refractivity contribution in [1.29, 1.82) is 0 Å². The van der Waals surface area contributed by atoms with E-state index >= 15 is 0 Å². The summed E-state index contributed by atoms with van der Waals surface area (Å²) in [7, 11) is -3.52. The van der Waals surface area contributed by atoms with E-state index in [1.165, 1.54) is 6.26 Å². The van der Waals surface area contributed by atoms with Gasteiger partial charge < -0.3 is 4.74 Å². The zero-order valence-electron chi connectivity index (χ0n) is 9.27. The second-order valence-corrected chi connectivity index (χ2v) is 6.67. The second kappa shape index (κ2) is 6.34. The maximum Gasteiger partial charge on any atom is 0.251 e. The molecule has 0 aliphatic heterocycles. The van der Waals surface area contributed by atoms with Gasteiger partial charge in [-0.3, -0.25) is 0 Å². The third-order valence-electron chi connectivity index (χ3n) is 1.82. The molecule has 0 bridgehead atoms. The van der Waals surface area contributed by atoms with Gasteiger partial charge in [0, 0.05) is 6.54 Å². The molecule has 0 aromatic carbocycles. The van der Waals surface area contributed by atoms with Crippen molar-refractivity contribution < 1.29 is 13.2 Å². The lowest BCUT2D eigenvalue weighted by Crippen LogP contribution is -2.25. The van der Waals surface area contributed by atoms with Crippen LogP contribution in [0.5, 0.6) is 0 Å². The Morgan fingerprint density at radius 1 is 1.65 bits per heavy atom. The normalized spacial score (nSPS) is 11.4. The molecule has 8 heteroatoms. The summed E-state index contributed by atoms with van der Waals surface area (Å²) in [6.07, 6.45) is 1.89. The lowest BCUT2D eigenvalue weighted by atomic mass is 10.5. The summed E-state index contributed by atoms with van der Waals surface area (Å²) < 4.78 is 31.4. The van der Waals surface area contributed by atoms with Crippen LogP contribution in [-0.2, 0) is 14.8 Å². The Bertz CT molecular complexity index is 484. The van der Waals surface area contributed by atoms with Gasteiger partial charge in [-0.05, 0) is 13.3 Å². The van der Waals surface area contributed by atoms with E-state index in [1.54, 1.807) is 6.92 Å². The van der Waals surface area contributed by atoms with Crippen LogP contribution >= 0.6 is 22.9 Å². The summed E-state index contributed by atoms with van der Waals surface area (Å²) >= 11 is 6.60. The van der Waals surface area contributed by atoms with Crippen LogP contribution in [0.3, 0.4) is 0 Å². The molecule has 1 aromatic rings. The molecule has 1 heterocycles. The third kappa shape index (κ3) is 4.27. The number of ether oxygens (including phenoxy) is 1. The Kier molecular flexibility index (Phi) is 5.38. The fraction of sp³-hybridized carbons (Fsp3) is 0.444. The molecule has 0 saturated carbocycles. The number of aryl methyl sites for hydroxylation is 1. The van der Waals surface area contributed by atoms with Gasteiger partial charge in [-0.25, -0.2) is 18.1 Å². The number of sulfonamides is 1. The molecule has 1 N–H and O–H groups in total. The number of rotatable bonds is 7. The van der Waals surface area contributed by atoms with Gasteiger partial charge >= 0.3 is 0 Å². The van der Waals surface area contributed by atoms with Crippen molar-refractivity contribution in [3.05, 3.63) is 23.0 Å². The van der Waals surface area contributed by atoms with Crippen molar-refractivity contribution in [2.24, 2.45) is 0 Å². The monoisotopic (exact) mass is 296 g/mol. The largest absolute Gasteiger partial charge is 0.502 e. The zero-order chi connectivity index (χ0) is 12.9. The summed E-state index contributed by atoms with van der Waals surface area (Å²) in [6, 6.07) is 0. The highest BCUT2D eigenvalue weighted by atomic mass is 35.5. The van der Waals surface area contributed by atoms with Crippen molar-refractivity contribution in [1.82, 2.24) is 9.71 Å². The van der Waals surface area contributed by atoms with E-state index in [2.05, 4.69) is 16.3 Å². The average molecular weight is 297 g/mol. The molecule has 1 aromatic heterocycles. The van der Waals surface area contributed by atoms with Gasteiger partial charge in [-0.1, -0.05) is 29.5 Å². The Hall–Kier alpha value is -0.630. The second-order valence-electron chi connectivity index (χ2n) is 3.13. The maximum atomic E-state index is 11.8. The lowest BCUT2D eigenvalue weighted by molar-refractivity contribution is 0.247. The molecule has 0 amide bonds. The maximum absolute atomic E-state index is 11.8. The molecule has 0 atom stereocenters. The molecular weight excluding hydrogens is 284 g/mol. The van der Waals surface area contributed by atoms with Crippen LogP contribution < -0.4 is 4.72 Å². The smallest absolute Gasteiger partial charge is 0.251 e. The van der Waals surface area contributed by atoms with Crippen molar-refractivity contribution in [2.75, 3.05) is 13.2 Å². The SMILES string of the molecule is C=COCCCNS(=O)(=O)c1sc(Cl)nc1C. The minimum Gasteiger partial charge on any atom is -0.502 e. The Balaban J connectivity index is 2.57. The number of thiazole rings is 1. The van der Waals surface area contributed by atoms with Crippen molar-refractivity contribution >= 4 is 33.0 Å². The van der Waals surface area contributed by atoms with E-state index in [-0.39, 0.29) is 8.68 Å². The van der Waals surface area contributed by atoms with E-state index in [4.69, 9.17) is 16.3 Å². The first kappa shape index (κ1) is 14.4. The Labute approximate surface area is 110 Å². The average Bonchev–Trinajstić information content (AvgIpc) is 2.58. The van der Waals surface area contributed by atoms with Crippen LogP contribution in [0.4, 0.5) is 0 Å². The van der Waals surface area contributed by atoms with Gasteiger partial charge in [-0.15, -0.1) is 0 Å². The standard InChI is InChI=1S/C9H13ClN2O3S2/c1-3-15-6-4-5-11-17(13,14)8-7(2)12-9(10)16-8/h3,11H,1,4-6H2,2H3. The molecule has 0 unspecified atom stereocenters. The van der Waals surface area contributed by atoms with E-state index in [1.807, 2.05) is 0 Å². The molecule has 5 nitrogen and oxygen atoms in total. The molecule has 0 fully saturated rings. The quantitative estimate of drug-likeness (QED) is 0.617. The van der Waals surface area contributed by atoms with Crippen LogP contribution in [0.2, 0.25) is 4.47 Å². The third-order valence-corrected chi connectivity index (χ3v) is 5.15. The predicted molar refractivity (Wildman–Crippen MR) is 67.8 cm³/mol.